The Morgan fingerprint density at radius 1 is 1.12 bits per heavy atom. The summed E-state index contributed by atoms with van der Waals surface area (Å²) in [7, 11) is 0. The van der Waals surface area contributed by atoms with Crippen LogP contribution in [0.3, 0.4) is 0 Å². The summed E-state index contributed by atoms with van der Waals surface area (Å²) in [6, 6.07) is 7.77. The van der Waals surface area contributed by atoms with Crippen molar-refractivity contribution in [2.24, 2.45) is 5.10 Å². The van der Waals surface area contributed by atoms with Gasteiger partial charge in [0.1, 0.15) is 0 Å². The molecule has 0 saturated carbocycles. The van der Waals surface area contributed by atoms with E-state index in [4.69, 9.17) is 27.9 Å². The number of hydrogen-bond acceptors (Lipinski definition) is 3. The zero-order valence-corrected chi connectivity index (χ0v) is 14.0. The normalized spacial score (nSPS) is 11.8. The van der Waals surface area contributed by atoms with Crippen molar-refractivity contribution in [2.75, 3.05) is 12.0 Å². The van der Waals surface area contributed by atoms with Crippen LogP contribution in [-0.2, 0) is 6.18 Å². The largest absolute Gasteiger partial charge is 0.491 e. The van der Waals surface area contributed by atoms with E-state index in [0.717, 1.165) is 12.1 Å². The van der Waals surface area contributed by atoms with Gasteiger partial charge in [-0.1, -0.05) is 23.2 Å². The van der Waals surface area contributed by atoms with Gasteiger partial charge < -0.3 is 4.74 Å². The number of anilines is 1. The van der Waals surface area contributed by atoms with Crippen LogP contribution in [0.5, 0.6) is 5.75 Å². The number of benzene rings is 2. The SMILES string of the molecule is CCOc1c(Cl)cc(/C=N/Nc2ccc(C(F)(F)F)cc2)cc1Cl. The van der Waals surface area contributed by atoms with Crippen LogP contribution in [0.4, 0.5) is 18.9 Å². The minimum atomic E-state index is -4.36. The van der Waals surface area contributed by atoms with Crippen molar-refractivity contribution in [3.8, 4) is 5.75 Å². The number of hydrogen-bond donors (Lipinski definition) is 1. The van der Waals surface area contributed by atoms with Gasteiger partial charge >= 0.3 is 6.18 Å². The number of hydrazone groups is 1. The minimum Gasteiger partial charge on any atom is -0.491 e. The van der Waals surface area contributed by atoms with E-state index < -0.39 is 11.7 Å². The zero-order chi connectivity index (χ0) is 17.7. The molecule has 3 nitrogen and oxygen atoms in total. The van der Waals surface area contributed by atoms with E-state index in [1.54, 1.807) is 12.1 Å². The maximum Gasteiger partial charge on any atom is 0.416 e. The molecule has 2 aromatic carbocycles. The summed E-state index contributed by atoms with van der Waals surface area (Å²) in [5.41, 5.74) is 2.95. The summed E-state index contributed by atoms with van der Waals surface area (Å²) in [6.07, 6.45) is -2.91. The van der Waals surface area contributed by atoms with Gasteiger partial charge in [-0.25, -0.2) is 0 Å². The Bertz CT molecular complexity index is 708. The van der Waals surface area contributed by atoms with Crippen LogP contribution in [0.15, 0.2) is 41.5 Å². The van der Waals surface area contributed by atoms with Gasteiger partial charge in [-0.2, -0.15) is 18.3 Å². The monoisotopic (exact) mass is 376 g/mol. The Morgan fingerprint density at radius 2 is 1.71 bits per heavy atom. The highest BCUT2D eigenvalue weighted by atomic mass is 35.5. The topological polar surface area (TPSA) is 33.6 Å². The molecule has 8 heteroatoms. The van der Waals surface area contributed by atoms with Crippen LogP contribution in [0, 0.1) is 0 Å². The van der Waals surface area contributed by atoms with Crippen molar-refractivity contribution in [2.45, 2.75) is 13.1 Å². The molecule has 2 rings (SSSR count). The van der Waals surface area contributed by atoms with E-state index in [1.165, 1.54) is 18.3 Å². The number of rotatable bonds is 5. The molecule has 0 radical (unpaired) electrons. The number of ether oxygens (including phenoxy) is 1. The average molecular weight is 377 g/mol. The van der Waals surface area contributed by atoms with E-state index in [1.807, 2.05) is 6.92 Å². The molecule has 0 fully saturated rings. The Morgan fingerprint density at radius 3 is 2.21 bits per heavy atom. The first-order chi connectivity index (χ1) is 11.3. The minimum absolute atomic E-state index is 0.348. The number of halogens is 5. The van der Waals surface area contributed by atoms with E-state index in [9.17, 15) is 13.2 Å². The second-order valence-corrected chi connectivity index (χ2v) is 5.51. The molecular formula is C16H13Cl2F3N2O. The third-order valence-corrected chi connectivity index (χ3v) is 3.49. The second kappa shape index (κ2) is 7.77. The molecule has 2 aromatic rings. The Balaban J connectivity index is 2.06. The third kappa shape index (κ3) is 4.79. The van der Waals surface area contributed by atoms with Gasteiger partial charge in [0.2, 0.25) is 0 Å². The maximum absolute atomic E-state index is 12.5. The standard InChI is InChI=1S/C16H13Cl2F3N2O/c1-2-24-15-13(17)7-10(8-14(15)18)9-22-23-12-5-3-11(4-6-12)16(19,20)21/h3-9,23H,2H2,1H3/b22-9+. The van der Waals surface area contributed by atoms with Crippen LogP contribution >= 0.6 is 23.2 Å². The molecule has 0 amide bonds. The molecule has 24 heavy (non-hydrogen) atoms. The summed E-state index contributed by atoms with van der Waals surface area (Å²) < 4.78 is 42.7. The fourth-order valence-electron chi connectivity index (χ4n) is 1.85. The van der Waals surface area contributed by atoms with Gasteiger partial charge in [-0.05, 0) is 48.9 Å². The molecule has 0 aliphatic rings. The molecule has 0 aromatic heterocycles. The van der Waals surface area contributed by atoms with Crippen LogP contribution < -0.4 is 10.2 Å². The van der Waals surface area contributed by atoms with Crippen molar-refractivity contribution in [3.63, 3.8) is 0 Å². The first-order valence-corrected chi connectivity index (χ1v) is 7.65. The number of nitrogens with one attached hydrogen (secondary N) is 1. The van der Waals surface area contributed by atoms with Crippen LogP contribution in [0.1, 0.15) is 18.1 Å². The van der Waals surface area contributed by atoms with Crippen LogP contribution in [-0.4, -0.2) is 12.8 Å². The third-order valence-electron chi connectivity index (χ3n) is 2.93. The van der Waals surface area contributed by atoms with E-state index in [-0.39, 0.29) is 0 Å². The Kier molecular flexibility index (Phi) is 5.96. The first-order valence-electron chi connectivity index (χ1n) is 6.89. The first kappa shape index (κ1) is 18.4. The summed E-state index contributed by atoms with van der Waals surface area (Å²) >= 11 is 12.1. The van der Waals surface area contributed by atoms with E-state index in [0.29, 0.717) is 33.7 Å². The molecule has 0 aliphatic heterocycles. The van der Waals surface area contributed by atoms with Gasteiger partial charge in [-0.15, -0.1) is 0 Å². The van der Waals surface area contributed by atoms with Gasteiger partial charge in [-0.3, -0.25) is 5.43 Å². The van der Waals surface area contributed by atoms with Crippen LogP contribution in [0.2, 0.25) is 10.0 Å². The molecule has 0 spiro atoms. The van der Waals surface area contributed by atoms with Crippen LogP contribution in [0.25, 0.3) is 0 Å². The predicted octanol–water partition coefficient (Wildman–Crippen LogP) is 5.86. The second-order valence-electron chi connectivity index (χ2n) is 4.69. The summed E-state index contributed by atoms with van der Waals surface area (Å²) in [5, 5.41) is 4.64. The Hall–Kier alpha value is -1.92. The molecule has 0 aliphatic carbocycles. The van der Waals surface area contributed by atoms with Crippen molar-refractivity contribution in [1.29, 1.82) is 0 Å². The Labute approximate surface area is 147 Å². The average Bonchev–Trinajstić information content (AvgIpc) is 2.50. The van der Waals surface area contributed by atoms with Gasteiger partial charge in [0.15, 0.2) is 5.75 Å². The molecule has 1 N–H and O–H groups in total. The highest BCUT2D eigenvalue weighted by molar-refractivity contribution is 6.37. The predicted molar refractivity (Wildman–Crippen MR) is 90.3 cm³/mol. The molecule has 0 heterocycles. The lowest BCUT2D eigenvalue weighted by molar-refractivity contribution is -0.137. The van der Waals surface area contributed by atoms with Crippen molar-refractivity contribution < 1.29 is 17.9 Å². The summed E-state index contributed by atoms with van der Waals surface area (Å²) in [6.45, 7) is 2.25. The molecule has 0 bridgehead atoms. The van der Waals surface area contributed by atoms with Gasteiger partial charge in [0, 0.05) is 0 Å². The molecule has 0 unspecified atom stereocenters. The lowest BCUT2D eigenvalue weighted by Crippen LogP contribution is -2.04. The summed E-state index contributed by atoms with van der Waals surface area (Å²) in [4.78, 5) is 0. The molecular weight excluding hydrogens is 364 g/mol. The van der Waals surface area contributed by atoms with E-state index in [2.05, 4.69) is 10.5 Å². The quantitative estimate of drug-likeness (QED) is 0.523. The molecule has 0 atom stereocenters. The smallest absolute Gasteiger partial charge is 0.416 e. The van der Waals surface area contributed by atoms with Crippen molar-refractivity contribution >= 4 is 35.1 Å². The fraction of sp³-hybridized carbons (Fsp3) is 0.188. The number of nitrogens with zero attached hydrogens (tertiary/aromatic N) is 1. The fourth-order valence-corrected chi connectivity index (χ4v) is 2.46. The lowest BCUT2D eigenvalue weighted by atomic mass is 10.2. The van der Waals surface area contributed by atoms with Crippen molar-refractivity contribution in [1.82, 2.24) is 0 Å². The molecule has 128 valence electrons. The zero-order valence-electron chi connectivity index (χ0n) is 12.5. The number of alkyl halides is 3. The van der Waals surface area contributed by atoms with Gasteiger partial charge in [0.05, 0.1) is 34.1 Å². The highest BCUT2D eigenvalue weighted by Crippen LogP contribution is 2.34. The van der Waals surface area contributed by atoms with E-state index >= 15 is 0 Å². The summed E-state index contributed by atoms with van der Waals surface area (Å²) in [5.74, 6) is 0.397. The van der Waals surface area contributed by atoms with Crippen molar-refractivity contribution in [3.05, 3.63) is 57.6 Å². The molecule has 0 saturated heterocycles. The van der Waals surface area contributed by atoms with Gasteiger partial charge in [0.25, 0.3) is 0 Å². The maximum atomic E-state index is 12.5. The highest BCUT2D eigenvalue weighted by Gasteiger charge is 2.29. The lowest BCUT2D eigenvalue weighted by Gasteiger charge is -2.09.